The zero-order chi connectivity index (χ0) is 20.5. The van der Waals surface area contributed by atoms with Gasteiger partial charge in [0.25, 0.3) is 0 Å². The van der Waals surface area contributed by atoms with Crippen LogP contribution in [0.2, 0.25) is 0 Å². The van der Waals surface area contributed by atoms with Crippen molar-refractivity contribution in [2.45, 2.75) is 39.8 Å². The maximum Gasteiger partial charge on any atom is 0.249 e. The van der Waals surface area contributed by atoms with E-state index < -0.39 is 6.10 Å². The van der Waals surface area contributed by atoms with Crippen LogP contribution in [0, 0.1) is 5.92 Å². The number of carbonyl (C=O) groups excluding carboxylic acids is 2. The third-order valence-corrected chi connectivity index (χ3v) is 4.43. The number of nitrogens with one attached hydrogen (secondary N) is 1. The molecule has 28 heavy (non-hydrogen) atoms. The van der Waals surface area contributed by atoms with Crippen molar-refractivity contribution in [3.05, 3.63) is 65.7 Å². The molecule has 1 amide bonds. The topological polar surface area (TPSA) is 64.6 Å². The molecule has 2 aromatic carbocycles. The molecule has 0 radical (unpaired) electrons. The second kappa shape index (κ2) is 10.6. The number of Topliss-reactive ketones (excluding diaryl/α,β-unsaturated/α-hetero) is 1. The first kappa shape index (κ1) is 21.6. The zero-order valence-corrected chi connectivity index (χ0v) is 17.0. The third-order valence-electron chi connectivity index (χ3n) is 4.43. The van der Waals surface area contributed by atoms with Crippen molar-refractivity contribution in [2.75, 3.05) is 13.2 Å². The van der Waals surface area contributed by atoms with Gasteiger partial charge in [-0.1, -0.05) is 56.3 Å². The molecule has 0 heterocycles. The van der Waals surface area contributed by atoms with Crippen LogP contribution in [0.15, 0.2) is 54.6 Å². The molecule has 5 nitrogen and oxygen atoms in total. The van der Waals surface area contributed by atoms with E-state index in [9.17, 15) is 9.59 Å². The van der Waals surface area contributed by atoms with Crippen LogP contribution in [0.25, 0.3) is 0 Å². The van der Waals surface area contributed by atoms with Gasteiger partial charge in [0.15, 0.2) is 5.78 Å². The minimum Gasteiger partial charge on any atom is -0.491 e. The molecule has 0 aromatic heterocycles. The summed E-state index contributed by atoms with van der Waals surface area (Å²) in [6.45, 7) is 8.06. The molecule has 150 valence electrons. The van der Waals surface area contributed by atoms with Crippen molar-refractivity contribution in [3.63, 3.8) is 0 Å². The minimum absolute atomic E-state index is 0.0224. The smallest absolute Gasteiger partial charge is 0.249 e. The second-order valence-corrected chi connectivity index (χ2v) is 7.11. The van der Waals surface area contributed by atoms with Crippen molar-refractivity contribution in [1.29, 1.82) is 0 Å². The average Bonchev–Trinajstić information content (AvgIpc) is 2.68. The van der Waals surface area contributed by atoms with E-state index in [-0.39, 0.29) is 23.7 Å². The molecule has 0 saturated heterocycles. The lowest BCUT2D eigenvalue weighted by Crippen LogP contribution is -2.41. The third kappa shape index (κ3) is 6.50. The summed E-state index contributed by atoms with van der Waals surface area (Å²) in [6.07, 6.45) is -0.557. The van der Waals surface area contributed by atoms with E-state index >= 15 is 0 Å². The van der Waals surface area contributed by atoms with E-state index in [1.54, 1.807) is 12.1 Å². The predicted octanol–water partition coefficient (Wildman–Crippen LogP) is 4.19. The van der Waals surface area contributed by atoms with Crippen molar-refractivity contribution in [3.8, 4) is 5.75 Å². The molecule has 0 bridgehead atoms. The normalized spacial score (nSPS) is 13.0. The number of amides is 1. The molecule has 0 spiro atoms. The summed E-state index contributed by atoms with van der Waals surface area (Å²) < 4.78 is 11.4. The van der Waals surface area contributed by atoms with Gasteiger partial charge in [-0.3, -0.25) is 9.59 Å². The lowest BCUT2D eigenvalue weighted by molar-refractivity contribution is -0.136. The van der Waals surface area contributed by atoms with Gasteiger partial charge >= 0.3 is 0 Å². The Morgan fingerprint density at radius 3 is 2.14 bits per heavy atom. The number of benzene rings is 2. The number of para-hydroxylation sites is 1. The van der Waals surface area contributed by atoms with E-state index in [1.807, 2.05) is 63.2 Å². The van der Waals surface area contributed by atoms with E-state index in [4.69, 9.17) is 9.47 Å². The second-order valence-electron chi connectivity index (χ2n) is 7.11. The fraction of sp³-hybridized carbons (Fsp3) is 0.391. The van der Waals surface area contributed by atoms with Crippen molar-refractivity contribution >= 4 is 11.7 Å². The number of ether oxygens (including phenoxy) is 2. The molecule has 5 heteroatoms. The Bertz CT molecular complexity index is 756. The highest BCUT2D eigenvalue weighted by atomic mass is 16.5. The van der Waals surface area contributed by atoms with Crippen LogP contribution in [-0.2, 0) is 9.53 Å². The average molecular weight is 383 g/mol. The summed E-state index contributed by atoms with van der Waals surface area (Å²) >= 11 is 0. The molecular formula is C23H29NO4. The summed E-state index contributed by atoms with van der Waals surface area (Å²) in [4.78, 5) is 24.1. The van der Waals surface area contributed by atoms with Crippen molar-refractivity contribution in [1.82, 2.24) is 5.32 Å². The quantitative estimate of drug-likeness (QED) is 0.494. The molecule has 0 aliphatic carbocycles. The van der Waals surface area contributed by atoms with E-state index in [2.05, 4.69) is 5.32 Å². The van der Waals surface area contributed by atoms with Crippen LogP contribution in [0.1, 0.15) is 49.7 Å². The van der Waals surface area contributed by atoms with Crippen LogP contribution < -0.4 is 10.1 Å². The Morgan fingerprint density at radius 1 is 0.929 bits per heavy atom. The van der Waals surface area contributed by atoms with Gasteiger partial charge in [0.05, 0.1) is 12.6 Å². The molecule has 1 N–H and O–H groups in total. The monoisotopic (exact) mass is 383 g/mol. The zero-order valence-electron chi connectivity index (χ0n) is 17.0. The minimum atomic E-state index is -0.557. The van der Waals surface area contributed by atoms with Crippen LogP contribution in [0.4, 0.5) is 0 Å². The number of hydrogen-bond donors (Lipinski definition) is 1. The van der Waals surface area contributed by atoms with E-state index in [0.29, 0.717) is 18.8 Å². The first-order valence-electron chi connectivity index (χ1n) is 9.59. The number of hydrogen-bond acceptors (Lipinski definition) is 4. The molecule has 0 fully saturated rings. The van der Waals surface area contributed by atoms with Crippen molar-refractivity contribution in [2.24, 2.45) is 5.92 Å². The molecule has 2 rings (SSSR count). The number of ketones is 1. The Morgan fingerprint density at radius 2 is 1.57 bits per heavy atom. The van der Waals surface area contributed by atoms with Gasteiger partial charge in [-0.15, -0.1) is 0 Å². The van der Waals surface area contributed by atoms with E-state index in [1.165, 1.54) is 6.92 Å². The van der Waals surface area contributed by atoms with Gasteiger partial charge in [0.2, 0.25) is 5.91 Å². The molecule has 0 aliphatic rings. The lowest BCUT2D eigenvalue weighted by atomic mass is 10.0. The first-order valence-corrected chi connectivity index (χ1v) is 9.59. The van der Waals surface area contributed by atoms with Crippen molar-refractivity contribution < 1.29 is 19.1 Å². The summed E-state index contributed by atoms with van der Waals surface area (Å²) in [5.74, 6) is 0.676. The highest BCUT2D eigenvalue weighted by Crippen LogP contribution is 2.16. The van der Waals surface area contributed by atoms with Crippen LogP contribution in [0.3, 0.4) is 0 Å². The standard InChI is InChI=1S/C23H29NO4/c1-16(2)22(28-15-14-27-21-8-6-5-7-9-21)23(26)24-17(3)19-10-12-20(13-11-19)18(4)25/h5-13,16-17,22H,14-15H2,1-4H3,(H,24,26)/t17-,22+/m0/s1. The van der Waals surface area contributed by atoms with Crippen LogP contribution in [-0.4, -0.2) is 31.0 Å². The highest BCUT2D eigenvalue weighted by molar-refractivity contribution is 5.94. The fourth-order valence-electron chi connectivity index (χ4n) is 2.81. The van der Waals surface area contributed by atoms with Crippen LogP contribution in [0.5, 0.6) is 5.75 Å². The molecule has 2 atom stereocenters. The van der Waals surface area contributed by atoms with Gasteiger partial charge in [-0.05, 0) is 37.5 Å². The van der Waals surface area contributed by atoms with Gasteiger partial charge in [-0.25, -0.2) is 0 Å². The van der Waals surface area contributed by atoms with E-state index in [0.717, 1.165) is 11.3 Å². The maximum absolute atomic E-state index is 12.7. The molecule has 2 aromatic rings. The summed E-state index contributed by atoms with van der Waals surface area (Å²) in [5, 5.41) is 3.00. The van der Waals surface area contributed by atoms with Gasteiger partial charge in [0, 0.05) is 5.56 Å². The van der Waals surface area contributed by atoms with Gasteiger partial charge < -0.3 is 14.8 Å². The molecule has 0 saturated carbocycles. The number of rotatable bonds is 10. The fourth-order valence-corrected chi connectivity index (χ4v) is 2.81. The molecular weight excluding hydrogens is 354 g/mol. The predicted molar refractivity (Wildman–Crippen MR) is 110 cm³/mol. The van der Waals surface area contributed by atoms with Gasteiger partial charge in [-0.2, -0.15) is 0 Å². The summed E-state index contributed by atoms with van der Waals surface area (Å²) in [6, 6.07) is 16.6. The molecule has 0 aliphatic heterocycles. The first-order chi connectivity index (χ1) is 13.4. The SMILES string of the molecule is CC(=O)c1ccc([C@H](C)NC(=O)[C@H](OCCOc2ccccc2)C(C)C)cc1. The Labute approximate surface area is 167 Å². The summed E-state index contributed by atoms with van der Waals surface area (Å²) in [7, 11) is 0. The highest BCUT2D eigenvalue weighted by Gasteiger charge is 2.24. The number of carbonyl (C=O) groups is 2. The van der Waals surface area contributed by atoms with Gasteiger partial charge in [0.1, 0.15) is 18.5 Å². The summed E-state index contributed by atoms with van der Waals surface area (Å²) in [5.41, 5.74) is 1.59. The Hall–Kier alpha value is -2.66. The largest absolute Gasteiger partial charge is 0.491 e. The Kier molecular flexibility index (Phi) is 8.20. The lowest BCUT2D eigenvalue weighted by Gasteiger charge is -2.23. The maximum atomic E-state index is 12.7. The Balaban J connectivity index is 1.86. The molecule has 0 unspecified atom stereocenters. The van der Waals surface area contributed by atoms with Crippen LogP contribution >= 0.6 is 0 Å².